The van der Waals surface area contributed by atoms with E-state index < -0.39 is 0 Å². The third-order valence-corrected chi connectivity index (χ3v) is 4.42. The zero-order valence-electron chi connectivity index (χ0n) is 10.7. The first-order chi connectivity index (χ1) is 9.28. The largest absolute Gasteiger partial charge is 0.392 e. The summed E-state index contributed by atoms with van der Waals surface area (Å²) < 4.78 is 0. The number of rotatable bonds is 3. The van der Waals surface area contributed by atoms with E-state index in [0.717, 1.165) is 27.6 Å². The molecule has 3 N–H and O–H groups in total. The maximum atomic E-state index is 9.56. The molecule has 0 saturated heterocycles. The summed E-state index contributed by atoms with van der Waals surface area (Å²) in [5.41, 5.74) is 10.7. The van der Waals surface area contributed by atoms with Crippen molar-refractivity contribution in [2.24, 2.45) is 0 Å². The van der Waals surface area contributed by atoms with Gasteiger partial charge in [0.05, 0.1) is 17.2 Å². The second kappa shape index (κ2) is 5.17. The van der Waals surface area contributed by atoms with E-state index in [1.807, 2.05) is 0 Å². The Hall–Kier alpha value is -1.62. The summed E-state index contributed by atoms with van der Waals surface area (Å²) >= 11 is 1.71. The molecule has 0 unspecified atom stereocenters. The number of hydrazine groups is 1. The summed E-state index contributed by atoms with van der Waals surface area (Å²) in [6.07, 6.45) is 2.12. The van der Waals surface area contributed by atoms with Crippen LogP contribution < -0.4 is 10.9 Å². The molecule has 0 radical (unpaired) electrons. The molecule has 0 atom stereocenters. The van der Waals surface area contributed by atoms with Crippen molar-refractivity contribution >= 4 is 17.0 Å². The van der Waals surface area contributed by atoms with Gasteiger partial charge in [-0.2, -0.15) is 0 Å². The molecular weight excluding hydrogens is 256 g/mol. The van der Waals surface area contributed by atoms with Crippen molar-refractivity contribution in [3.63, 3.8) is 0 Å². The van der Waals surface area contributed by atoms with Crippen LogP contribution in [0.1, 0.15) is 16.0 Å². The molecule has 2 heterocycles. The first-order valence-corrected chi connectivity index (χ1v) is 7.09. The van der Waals surface area contributed by atoms with E-state index in [9.17, 15) is 5.11 Å². The van der Waals surface area contributed by atoms with Crippen LogP contribution in [-0.4, -0.2) is 11.7 Å². The van der Waals surface area contributed by atoms with Gasteiger partial charge in [0.25, 0.3) is 0 Å². The molecule has 3 rings (SSSR count). The summed E-state index contributed by atoms with van der Waals surface area (Å²) in [5.74, 6) is 0. The van der Waals surface area contributed by atoms with Gasteiger partial charge in [-0.1, -0.05) is 29.8 Å². The second-order valence-electron chi connectivity index (χ2n) is 4.62. The van der Waals surface area contributed by atoms with Crippen LogP contribution in [0.2, 0.25) is 0 Å². The topological polar surface area (TPSA) is 44.3 Å². The van der Waals surface area contributed by atoms with Crippen LogP contribution in [0, 0.1) is 6.92 Å². The molecule has 1 aliphatic heterocycles. The number of hydrogen-bond donors (Lipinski definition) is 3. The van der Waals surface area contributed by atoms with E-state index in [1.165, 1.54) is 11.1 Å². The Morgan fingerprint density at radius 2 is 2.21 bits per heavy atom. The van der Waals surface area contributed by atoms with Gasteiger partial charge in [0.1, 0.15) is 0 Å². The van der Waals surface area contributed by atoms with Gasteiger partial charge in [-0.3, -0.25) is 0 Å². The van der Waals surface area contributed by atoms with Crippen molar-refractivity contribution in [3.05, 3.63) is 52.4 Å². The van der Waals surface area contributed by atoms with Crippen molar-refractivity contribution in [1.82, 2.24) is 10.9 Å². The van der Waals surface area contributed by atoms with E-state index in [0.29, 0.717) is 0 Å². The fraction of sp³-hybridized carbons (Fsp3) is 0.200. The maximum Gasteiger partial charge on any atom is 0.0696 e. The predicted molar refractivity (Wildman–Crippen MR) is 79.5 cm³/mol. The summed E-state index contributed by atoms with van der Waals surface area (Å²) in [6, 6.07) is 10.5. The number of aliphatic hydroxyl groups is 1. The molecule has 0 saturated carbocycles. The van der Waals surface area contributed by atoms with Crippen molar-refractivity contribution < 1.29 is 5.11 Å². The summed E-state index contributed by atoms with van der Waals surface area (Å²) in [5, 5.41) is 9.56. The van der Waals surface area contributed by atoms with Crippen molar-refractivity contribution in [2.45, 2.75) is 13.5 Å². The Morgan fingerprint density at radius 3 is 2.89 bits per heavy atom. The van der Waals surface area contributed by atoms with Gasteiger partial charge in [0.15, 0.2) is 0 Å². The molecule has 2 aromatic rings. The summed E-state index contributed by atoms with van der Waals surface area (Å²) in [4.78, 5) is 2.31. The lowest BCUT2D eigenvalue weighted by Crippen LogP contribution is -2.22. The molecular formula is C15H16N2OS. The first kappa shape index (κ1) is 12.4. The molecule has 0 fully saturated rings. The third-order valence-electron chi connectivity index (χ3n) is 3.16. The Morgan fingerprint density at radius 1 is 1.32 bits per heavy atom. The lowest BCUT2D eigenvalue weighted by molar-refractivity contribution is 0.283. The molecule has 1 aromatic heterocycles. The van der Waals surface area contributed by atoms with Crippen LogP contribution in [-0.2, 0) is 6.61 Å². The highest BCUT2D eigenvalue weighted by molar-refractivity contribution is 7.16. The maximum absolute atomic E-state index is 9.56. The normalized spacial score (nSPS) is 14.3. The highest BCUT2D eigenvalue weighted by Crippen LogP contribution is 2.36. The number of nitrogens with one attached hydrogen (secondary N) is 2. The average Bonchev–Trinajstić information content (AvgIpc) is 3.07. The van der Waals surface area contributed by atoms with Gasteiger partial charge in [-0.25, -0.2) is 5.43 Å². The third kappa shape index (κ3) is 2.42. The van der Waals surface area contributed by atoms with Crippen molar-refractivity contribution in [2.75, 3.05) is 6.54 Å². The quantitative estimate of drug-likeness (QED) is 0.805. The van der Waals surface area contributed by atoms with Crippen molar-refractivity contribution in [3.8, 4) is 10.4 Å². The zero-order chi connectivity index (χ0) is 13.2. The minimum atomic E-state index is 0.0699. The number of thiophene rings is 1. The fourth-order valence-corrected chi connectivity index (χ4v) is 3.39. The van der Waals surface area contributed by atoms with Crippen LogP contribution in [0.4, 0.5) is 0 Å². The van der Waals surface area contributed by atoms with Crippen LogP contribution in [0.3, 0.4) is 0 Å². The number of aryl methyl sites for hydroxylation is 1. The highest BCUT2D eigenvalue weighted by Gasteiger charge is 2.14. The monoisotopic (exact) mass is 272 g/mol. The Balaban J connectivity index is 2.05. The molecule has 0 aliphatic carbocycles. The molecule has 1 aliphatic rings. The van der Waals surface area contributed by atoms with E-state index in [2.05, 4.69) is 54.2 Å². The van der Waals surface area contributed by atoms with Gasteiger partial charge in [-0.05, 0) is 30.2 Å². The van der Waals surface area contributed by atoms with Gasteiger partial charge in [0, 0.05) is 11.4 Å². The fourth-order valence-electron chi connectivity index (χ4n) is 2.22. The lowest BCUT2D eigenvalue weighted by Gasteiger charge is -2.02. The number of benzene rings is 1. The smallest absolute Gasteiger partial charge is 0.0696 e. The highest BCUT2D eigenvalue weighted by atomic mass is 32.1. The molecule has 0 spiro atoms. The van der Waals surface area contributed by atoms with Crippen molar-refractivity contribution in [1.29, 1.82) is 0 Å². The minimum absolute atomic E-state index is 0.0699. The van der Waals surface area contributed by atoms with Crippen LogP contribution >= 0.6 is 11.3 Å². The molecule has 3 nitrogen and oxygen atoms in total. The van der Waals surface area contributed by atoms with Gasteiger partial charge in [-0.15, -0.1) is 11.3 Å². The predicted octanol–water partition coefficient (Wildman–Crippen LogP) is 2.66. The summed E-state index contributed by atoms with van der Waals surface area (Å²) in [6.45, 7) is 2.99. The second-order valence-corrected chi connectivity index (χ2v) is 5.67. The van der Waals surface area contributed by atoms with Gasteiger partial charge < -0.3 is 10.5 Å². The minimum Gasteiger partial charge on any atom is -0.392 e. The molecule has 1 aromatic carbocycles. The van der Waals surface area contributed by atoms with Crippen LogP contribution in [0.5, 0.6) is 0 Å². The van der Waals surface area contributed by atoms with Crippen LogP contribution in [0.25, 0.3) is 16.1 Å². The molecule has 19 heavy (non-hydrogen) atoms. The van der Waals surface area contributed by atoms with E-state index in [-0.39, 0.29) is 6.61 Å². The SMILES string of the molecule is Cc1cccc(-c2sc(C3=CCNN3)cc2CO)c1. The summed E-state index contributed by atoms with van der Waals surface area (Å²) in [7, 11) is 0. The van der Waals surface area contributed by atoms with E-state index >= 15 is 0 Å². The Labute approximate surface area is 116 Å². The van der Waals surface area contributed by atoms with E-state index in [1.54, 1.807) is 11.3 Å². The van der Waals surface area contributed by atoms with Gasteiger partial charge >= 0.3 is 0 Å². The molecule has 4 heteroatoms. The first-order valence-electron chi connectivity index (χ1n) is 6.28. The number of hydrogen-bond acceptors (Lipinski definition) is 4. The zero-order valence-corrected chi connectivity index (χ0v) is 11.6. The van der Waals surface area contributed by atoms with Gasteiger partial charge in [0.2, 0.25) is 0 Å². The molecule has 98 valence electrons. The Kier molecular flexibility index (Phi) is 3.38. The van der Waals surface area contributed by atoms with Crippen LogP contribution in [0.15, 0.2) is 36.4 Å². The molecule has 0 bridgehead atoms. The standard InChI is InChI=1S/C15H16N2OS/c1-10-3-2-4-11(7-10)15-12(9-18)8-14(19-15)13-5-6-16-17-13/h2-5,7-8,16-18H,6,9H2,1H3. The number of aliphatic hydroxyl groups excluding tert-OH is 1. The average molecular weight is 272 g/mol. The molecule has 0 amide bonds. The van der Waals surface area contributed by atoms with E-state index in [4.69, 9.17) is 0 Å². The Bertz CT molecular complexity index is 631. The lowest BCUT2D eigenvalue weighted by atomic mass is 10.1.